The molecule has 0 radical (unpaired) electrons. The van der Waals surface area contributed by atoms with Gasteiger partial charge in [0, 0.05) is 6.54 Å². The lowest BCUT2D eigenvalue weighted by Crippen LogP contribution is -2.26. The van der Waals surface area contributed by atoms with Gasteiger partial charge in [-0.3, -0.25) is 0 Å². The maximum Gasteiger partial charge on any atom is 0.240 e. The zero-order valence-corrected chi connectivity index (χ0v) is 11.4. The maximum absolute atomic E-state index is 13.0. The molecule has 1 heterocycles. The third-order valence-electron chi connectivity index (χ3n) is 2.49. The zero-order chi connectivity index (χ0) is 13.9. The van der Waals surface area contributed by atoms with Gasteiger partial charge in [-0.2, -0.15) is 11.3 Å². The maximum atomic E-state index is 13.0. The highest BCUT2D eigenvalue weighted by molar-refractivity contribution is 7.89. The minimum atomic E-state index is -3.81. The molecule has 19 heavy (non-hydrogen) atoms. The van der Waals surface area contributed by atoms with Gasteiger partial charge in [0.25, 0.3) is 0 Å². The van der Waals surface area contributed by atoms with E-state index in [1.165, 1.54) is 11.3 Å². The second-order valence-electron chi connectivity index (χ2n) is 3.86. The summed E-state index contributed by atoms with van der Waals surface area (Å²) in [6.45, 7) is 0.206. The molecular formula is C12H11F2NO2S2. The molecule has 0 amide bonds. The van der Waals surface area contributed by atoms with Gasteiger partial charge in [0.05, 0.1) is 4.90 Å². The molecule has 0 bridgehead atoms. The number of hydrogen-bond acceptors (Lipinski definition) is 3. The predicted octanol–water partition coefficient (Wildman–Crippen LogP) is 2.55. The molecule has 0 aliphatic rings. The van der Waals surface area contributed by atoms with Crippen LogP contribution in [0.15, 0.2) is 39.9 Å². The Morgan fingerprint density at radius 2 is 1.95 bits per heavy atom. The molecule has 1 aromatic heterocycles. The van der Waals surface area contributed by atoms with Crippen LogP contribution in [0, 0.1) is 11.6 Å². The van der Waals surface area contributed by atoms with Gasteiger partial charge in [-0.1, -0.05) is 0 Å². The van der Waals surface area contributed by atoms with Crippen molar-refractivity contribution < 1.29 is 17.2 Å². The van der Waals surface area contributed by atoms with Crippen LogP contribution in [0.25, 0.3) is 0 Å². The highest BCUT2D eigenvalue weighted by Gasteiger charge is 2.15. The van der Waals surface area contributed by atoms with Crippen LogP contribution < -0.4 is 4.72 Å². The van der Waals surface area contributed by atoms with Crippen LogP contribution in [0.3, 0.4) is 0 Å². The van der Waals surface area contributed by atoms with Crippen LogP contribution in [0.1, 0.15) is 5.56 Å². The molecule has 0 fully saturated rings. The van der Waals surface area contributed by atoms with E-state index in [9.17, 15) is 17.2 Å². The smallest absolute Gasteiger partial charge is 0.211 e. The van der Waals surface area contributed by atoms with E-state index in [1.807, 2.05) is 16.8 Å². The first kappa shape index (κ1) is 14.1. The van der Waals surface area contributed by atoms with Crippen molar-refractivity contribution in [3.63, 3.8) is 0 Å². The summed E-state index contributed by atoms with van der Waals surface area (Å²) in [7, 11) is -3.81. The fraction of sp³-hybridized carbons (Fsp3) is 0.167. The number of nitrogens with one attached hydrogen (secondary N) is 1. The van der Waals surface area contributed by atoms with Gasteiger partial charge in [0.1, 0.15) is 0 Å². The van der Waals surface area contributed by atoms with Gasteiger partial charge in [-0.15, -0.1) is 0 Å². The summed E-state index contributed by atoms with van der Waals surface area (Å²) in [4.78, 5) is -0.281. The number of sulfonamides is 1. The van der Waals surface area contributed by atoms with E-state index in [4.69, 9.17) is 0 Å². The standard InChI is InChI=1S/C12H11F2NO2S2/c13-11-2-1-10(7-12(11)14)19(16,17)15-5-3-9-4-6-18-8-9/h1-2,4,6-8,15H,3,5H2. The average molecular weight is 303 g/mol. The fourth-order valence-corrected chi connectivity index (χ4v) is 3.24. The Morgan fingerprint density at radius 1 is 1.16 bits per heavy atom. The third-order valence-corrected chi connectivity index (χ3v) is 4.68. The van der Waals surface area contributed by atoms with E-state index in [0.29, 0.717) is 12.5 Å². The molecule has 102 valence electrons. The Morgan fingerprint density at radius 3 is 2.58 bits per heavy atom. The molecular weight excluding hydrogens is 292 g/mol. The second-order valence-corrected chi connectivity index (χ2v) is 6.40. The van der Waals surface area contributed by atoms with E-state index in [2.05, 4.69) is 4.72 Å². The quantitative estimate of drug-likeness (QED) is 0.922. The van der Waals surface area contributed by atoms with Crippen LogP contribution in [-0.4, -0.2) is 15.0 Å². The first-order valence-electron chi connectivity index (χ1n) is 5.45. The van der Waals surface area contributed by atoms with Crippen LogP contribution in [0.2, 0.25) is 0 Å². The van der Waals surface area contributed by atoms with E-state index in [-0.39, 0.29) is 11.4 Å². The molecule has 1 aromatic carbocycles. The second kappa shape index (κ2) is 5.77. The van der Waals surface area contributed by atoms with E-state index >= 15 is 0 Å². The van der Waals surface area contributed by atoms with Gasteiger partial charge < -0.3 is 0 Å². The highest BCUT2D eigenvalue weighted by atomic mass is 32.2. The predicted molar refractivity (Wildman–Crippen MR) is 69.6 cm³/mol. The number of rotatable bonds is 5. The van der Waals surface area contributed by atoms with Gasteiger partial charge in [0.15, 0.2) is 11.6 Å². The summed E-state index contributed by atoms with van der Waals surface area (Å²) >= 11 is 1.53. The van der Waals surface area contributed by atoms with E-state index in [1.54, 1.807) is 0 Å². The SMILES string of the molecule is O=S(=O)(NCCc1ccsc1)c1ccc(F)c(F)c1. The molecule has 1 N–H and O–H groups in total. The number of thiophene rings is 1. The molecule has 2 aromatic rings. The monoisotopic (exact) mass is 303 g/mol. The van der Waals surface area contributed by atoms with Crippen molar-refractivity contribution in [1.29, 1.82) is 0 Å². The summed E-state index contributed by atoms with van der Waals surface area (Å²) in [5.74, 6) is -2.25. The lowest BCUT2D eigenvalue weighted by atomic mass is 10.2. The largest absolute Gasteiger partial charge is 0.240 e. The summed E-state index contributed by atoms with van der Waals surface area (Å²) in [5.41, 5.74) is 1.03. The highest BCUT2D eigenvalue weighted by Crippen LogP contribution is 2.13. The summed E-state index contributed by atoms with van der Waals surface area (Å²) in [6, 6.07) is 4.40. The van der Waals surface area contributed by atoms with Gasteiger partial charge in [0.2, 0.25) is 10.0 Å². The molecule has 0 atom stereocenters. The van der Waals surface area contributed by atoms with Crippen molar-refractivity contribution in [1.82, 2.24) is 4.72 Å². The Hall–Kier alpha value is -1.31. The molecule has 0 aliphatic heterocycles. The molecule has 0 spiro atoms. The minimum absolute atomic E-state index is 0.206. The Kier molecular flexibility index (Phi) is 4.28. The van der Waals surface area contributed by atoms with Crippen molar-refractivity contribution >= 4 is 21.4 Å². The Labute approximate surface area is 114 Å². The molecule has 0 saturated heterocycles. The van der Waals surface area contributed by atoms with Crippen molar-refractivity contribution in [2.75, 3.05) is 6.54 Å². The molecule has 2 rings (SSSR count). The Balaban J connectivity index is 2.03. The van der Waals surface area contributed by atoms with E-state index < -0.39 is 21.7 Å². The topological polar surface area (TPSA) is 46.2 Å². The number of halogens is 2. The molecule has 0 unspecified atom stereocenters. The first-order valence-corrected chi connectivity index (χ1v) is 7.87. The third kappa shape index (κ3) is 3.59. The van der Waals surface area contributed by atoms with Gasteiger partial charge in [-0.05, 0) is 47.0 Å². The average Bonchev–Trinajstić information content (AvgIpc) is 2.85. The molecule has 3 nitrogen and oxygen atoms in total. The fourth-order valence-electron chi connectivity index (χ4n) is 1.49. The van der Waals surface area contributed by atoms with Gasteiger partial charge in [-0.25, -0.2) is 21.9 Å². The number of benzene rings is 1. The lowest BCUT2D eigenvalue weighted by Gasteiger charge is -2.06. The van der Waals surface area contributed by atoms with Crippen molar-refractivity contribution in [2.24, 2.45) is 0 Å². The normalized spacial score (nSPS) is 11.7. The molecule has 0 aliphatic carbocycles. The lowest BCUT2D eigenvalue weighted by molar-refractivity contribution is 0.504. The Bertz CT molecular complexity index is 654. The zero-order valence-electron chi connectivity index (χ0n) is 9.77. The summed E-state index contributed by atoms with van der Waals surface area (Å²) < 4.78 is 51.7. The van der Waals surface area contributed by atoms with Crippen molar-refractivity contribution in [2.45, 2.75) is 11.3 Å². The van der Waals surface area contributed by atoms with Crippen LogP contribution in [0.5, 0.6) is 0 Å². The molecule has 0 saturated carbocycles. The summed E-state index contributed by atoms with van der Waals surface area (Å²) in [5, 5.41) is 3.82. The number of hydrogen-bond donors (Lipinski definition) is 1. The molecule has 7 heteroatoms. The summed E-state index contributed by atoms with van der Waals surface area (Å²) in [6.07, 6.45) is 0.548. The van der Waals surface area contributed by atoms with E-state index in [0.717, 1.165) is 17.7 Å². The van der Waals surface area contributed by atoms with Crippen molar-refractivity contribution in [3.05, 3.63) is 52.2 Å². The van der Waals surface area contributed by atoms with Crippen LogP contribution >= 0.6 is 11.3 Å². The minimum Gasteiger partial charge on any atom is -0.211 e. The first-order chi connectivity index (χ1) is 8.99. The van der Waals surface area contributed by atoms with Crippen molar-refractivity contribution in [3.8, 4) is 0 Å². The van der Waals surface area contributed by atoms with Crippen LogP contribution in [0.4, 0.5) is 8.78 Å². The van der Waals surface area contributed by atoms with Gasteiger partial charge >= 0.3 is 0 Å². The van der Waals surface area contributed by atoms with Crippen LogP contribution in [-0.2, 0) is 16.4 Å².